The first kappa shape index (κ1) is 34.0. The van der Waals surface area contributed by atoms with Crippen molar-refractivity contribution in [3.05, 3.63) is 129 Å². The van der Waals surface area contributed by atoms with Crippen LogP contribution in [0.3, 0.4) is 0 Å². The Morgan fingerprint density at radius 1 is 0.800 bits per heavy atom. The molecule has 2 amide bonds. The number of sulfonamides is 1. The molecule has 0 bridgehead atoms. The van der Waals surface area contributed by atoms with Gasteiger partial charge in [0.25, 0.3) is 10.0 Å². The minimum absolute atomic E-state index is 0.0105. The summed E-state index contributed by atoms with van der Waals surface area (Å²) in [6, 6.07) is 26.6. The molecule has 0 aliphatic rings. The molecule has 0 radical (unpaired) electrons. The van der Waals surface area contributed by atoms with Crippen LogP contribution in [0.2, 0.25) is 10.0 Å². The number of anilines is 1. The summed E-state index contributed by atoms with van der Waals surface area (Å²) in [5, 5.41) is 3.87. The van der Waals surface area contributed by atoms with Gasteiger partial charge in [-0.2, -0.15) is 0 Å². The van der Waals surface area contributed by atoms with E-state index < -0.39 is 28.5 Å². The lowest BCUT2D eigenvalue weighted by atomic mass is 10.0. The summed E-state index contributed by atoms with van der Waals surface area (Å²) in [6.07, 6.45) is 0.956. The van der Waals surface area contributed by atoms with Crippen molar-refractivity contribution < 1.29 is 18.0 Å². The Labute approximate surface area is 275 Å². The lowest BCUT2D eigenvalue weighted by Crippen LogP contribution is -2.53. The number of hydrogen-bond donors (Lipinski definition) is 1. The Hall–Kier alpha value is -3.85. The molecule has 0 spiro atoms. The van der Waals surface area contributed by atoms with E-state index >= 15 is 0 Å². The monoisotopic (exact) mass is 665 g/mol. The Balaban J connectivity index is 1.81. The average molecular weight is 667 g/mol. The first-order chi connectivity index (χ1) is 21.5. The first-order valence-corrected chi connectivity index (χ1v) is 16.9. The molecule has 45 heavy (non-hydrogen) atoms. The van der Waals surface area contributed by atoms with Crippen LogP contribution >= 0.6 is 23.2 Å². The summed E-state index contributed by atoms with van der Waals surface area (Å²) in [4.78, 5) is 29.7. The van der Waals surface area contributed by atoms with Crippen LogP contribution in [-0.2, 0) is 32.6 Å². The zero-order chi connectivity index (χ0) is 32.6. The van der Waals surface area contributed by atoms with Gasteiger partial charge in [-0.1, -0.05) is 78.7 Å². The predicted molar refractivity (Wildman–Crippen MR) is 181 cm³/mol. The van der Waals surface area contributed by atoms with Crippen molar-refractivity contribution in [2.75, 3.05) is 17.4 Å². The largest absolute Gasteiger partial charge is 0.354 e. The molecule has 0 saturated heterocycles. The van der Waals surface area contributed by atoms with Gasteiger partial charge in [0.2, 0.25) is 11.8 Å². The maximum Gasteiger partial charge on any atom is 0.264 e. The lowest BCUT2D eigenvalue weighted by Gasteiger charge is -2.34. The lowest BCUT2D eigenvalue weighted by molar-refractivity contribution is -0.140. The third-order valence-electron chi connectivity index (χ3n) is 7.55. The highest BCUT2D eigenvalue weighted by molar-refractivity contribution is 7.92. The van der Waals surface area contributed by atoms with E-state index in [2.05, 4.69) is 5.32 Å². The number of benzene rings is 4. The zero-order valence-electron chi connectivity index (χ0n) is 25.5. The smallest absolute Gasteiger partial charge is 0.264 e. The number of carbonyl (C=O) groups excluding carboxylic acids is 2. The molecule has 0 aromatic heterocycles. The second kappa shape index (κ2) is 15.4. The van der Waals surface area contributed by atoms with Gasteiger partial charge >= 0.3 is 0 Å². The van der Waals surface area contributed by atoms with Crippen molar-refractivity contribution >= 4 is 50.7 Å². The van der Waals surface area contributed by atoms with E-state index in [1.807, 2.05) is 57.2 Å². The van der Waals surface area contributed by atoms with Crippen molar-refractivity contribution in [1.29, 1.82) is 0 Å². The maximum atomic E-state index is 14.5. The summed E-state index contributed by atoms with van der Waals surface area (Å²) >= 11 is 12.2. The van der Waals surface area contributed by atoms with Gasteiger partial charge in [0.05, 0.1) is 10.6 Å². The summed E-state index contributed by atoms with van der Waals surface area (Å²) in [5.74, 6) is -0.852. The number of nitrogens with one attached hydrogen (secondary N) is 1. The number of halogens is 2. The third kappa shape index (κ3) is 8.87. The minimum atomic E-state index is -4.22. The number of carbonyl (C=O) groups is 2. The molecule has 4 rings (SSSR count). The fourth-order valence-corrected chi connectivity index (χ4v) is 6.51. The van der Waals surface area contributed by atoms with E-state index in [1.54, 1.807) is 36.4 Å². The molecular weight excluding hydrogens is 629 g/mol. The summed E-state index contributed by atoms with van der Waals surface area (Å²) < 4.78 is 29.4. The Kier molecular flexibility index (Phi) is 11.7. The van der Waals surface area contributed by atoms with Gasteiger partial charge in [-0.05, 0) is 91.1 Å². The van der Waals surface area contributed by atoms with E-state index in [4.69, 9.17) is 23.2 Å². The highest BCUT2D eigenvalue weighted by Gasteiger charge is 2.34. The molecule has 0 heterocycles. The van der Waals surface area contributed by atoms with Gasteiger partial charge in [-0.3, -0.25) is 13.9 Å². The second-order valence-electron chi connectivity index (χ2n) is 10.9. The van der Waals surface area contributed by atoms with Crippen LogP contribution in [0.1, 0.15) is 35.6 Å². The number of aryl methyl sites for hydroxylation is 2. The number of amides is 2. The molecule has 0 saturated carbocycles. The molecule has 1 unspecified atom stereocenters. The predicted octanol–water partition coefficient (Wildman–Crippen LogP) is 6.97. The maximum absolute atomic E-state index is 14.5. The van der Waals surface area contributed by atoms with E-state index in [9.17, 15) is 18.0 Å². The van der Waals surface area contributed by atoms with Crippen LogP contribution < -0.4 is 9.62 Å². The fourth-order valence-electron chi connectivity index (χ4n) is 4.85. The van der Waals surface area contributed by atoms with E-state index in [1.165, 1.54) is 29.2 Å². The normalized spacial score (nSPS) is 11.9. The van der Waals surface area contributed by atoms with E-state index in [0.29, 0.717) is 22.3 Å². The van der Waals surface area contributed by atoms with Crippen molar-refractivity contribution in [1.82, 2.24) is 10.2 Å². The zero-order valence-corrected chi connectivity index (χ0v) is 27.9. The van der Waals surface area contributed by atoms with Crippen LogP contribution in [0.15, 0.2) is 102 Å². The van der Waals surface area contributed by atoms with Gasteiger partial charge in [0, 0.05) is 29.6 Å². The minimum Gasteiger partial charge on any atom is -0.354 e. The topological polar surface area (TPSA) is 86.8 Å². The van der Waals surface area contributed by atoms with Gasteiger partial charge in [0.15, 0.2) is 0 Å². The van der Waals surface area contributed by atoms with Crippen molar-refractivity contribution in [2.45, 2.75) is 51.1 Å². The van der Waals surface area contributed by atoms with E-state index in [-0.39, 0.29) is 23.8 Å². The van der Waals surface area contributed by atoms with E-state index in [0.717, 1.165) is 33.0 Å². The molecule has 4 aromatic carbocycles. The van der Waals surface area contributed by atoms with Gasteiger partial charge in [0.1, 0.15) is 12.6 Å². The first-order valence-electron chi connectivity index (χ1n) is 14.7. The second-order valence-corrected chi connectivity index (χ2v) is 13.6. The Morgan fingerprint density at radius 2 is 1.42 bits per heavy atom. The van der Waals surface area contributed by atoms with Crippen molar-refractivity contribution in [2.24, 2.45) is 0 Å². The standard InChI is InChI=1S/C35H37Cl2N3O4S/c1-4-20-38-35(42)33(22-27-8-6-5-7-9-27)39(23-28-11-13-29(36)14-12-28)34(41)24-40(31-17-10-25(2)26(3)21-31)45(43,44)32-18-15-30(37)16-19-32/h5-19,21,33H,4,20,22-24H2,1-3H3,(H,38,42). The van der Waals surface area contributed by atoms with Crippen LogP contribution in [0.4, 0.5) is 5.69 Å². The summed E-state index contributed by atoms with van der Waals surface area (Å²) in [5.41, 5.74) is 3.79. The summed E-state index contributed by atoms with van der Waals surface area (Å²) in [6.45, 7) is 5.73. The Bertz CT molecular complexity index is 1710. The van der Waals surface area contributed by atoms with Crippen LogP contribution in [0.25, 0.3) is 0 Å². The van der Waals surface area contributed by atoms with Crippen molar-refractivity contribution in [3.8, 4) is 0 Å². The molecule has 10 heteroatoms. The van der Waals surface area contributed by atoms with Crippen molar-refractivity contribution in [3.63, 3.8) is 0 Å². The van der Waals surface area contributed by atoms with Crippen LogP contribution in [-0.4, -0.2) is 44.3 Å². The summed E-state index contributed by atoms with van der Waals surface area (Å²) in [7, 11) is -4.22. The molecule has 0 fully saturated rings. The highest BCUT2D eigenvalue weighted by atomic mass is 35.5. The van der Waals surface area contributed by atoms with Gasteiger partial charge < -0.3 is 10.2 Å². The van der Waals surface area contributed by atoms with Crippen LogP contribution in [0, 0.1) is 13.8 Å². The van der Waals surface area contributed by atoms with Crippen LogP contribution in [0.5, 0.6) is 0 Å². The number of hydrogen-bond acceptors (Lipinski definition) is 4. The fraction of sp³-hybridized carbons (Fsp3) is 0.257. The average Bonchev–Trinajstić information content (AvgIpc) is 3.03. The molecule has 1 N–H and O–H groups in total. The molecular formula is C35H37Cl2N3O4S. The molecule has 236 valence electrons. The molecule has 1 atom stereocenters. The number of rotatable bonds is 13. The molecule has 0 aliphatic heterocycles. The Morgan fingerprint density at radius 3 is 2.02 bits per heavy atom. The van der Waals surface area contributed by atoms with Gasteiger partial charge in [-0.15, -0.1) is 0 Å². The van der Waals surface area contributed by atoms with Gasteiger partial charge in [-0.25, -0.2) is 8.42 Å². The molecule has 4 aromatic rings. The number of nitrogens with zero attached hydrogens (tertiary/aromatic N) is 2. The molecule has 0 aliphatic carbocycles. The SMILES string of the molecule is CCCNC(=O)C(Cc1ccccc1)N(Cc1ccc(Cl)cc1)C(=O)CN(c1ccc(C)c(C)c1)S(=O)(=O)c1ccc(Cl)cc1. The third-order valence-corrected chi connectivity index (χ3v) is 9.84. The highest BCUT2D eigenvalue weighted by Crippen LogP contribution is 2.28. The quantitative estimate of drug-likeness (QED) is 0.167. The molecule has 7 nitrogen and oxygen atoms in total.